The minimum atomic E-state index is -0.460. The molecule has 0 saturated heterocycles. The van der Waals surface area contributed by atoms with E-state index >= 15 is 0 Å². The molecule has 0 amide bonds. The second kappa shape index (κ2) is 6.14. The number of nitro groups is 1. The fourth-order valence-corrected chi connectivity index (χ4v) is 2.90. The van der Waals surface area contributed by atoms with Crippen LogP contribution in [0.25, 0.3) is 0 Å². The molecular weight excluding hydrogens is 332 g/mol. The van der Waals surface area contributed by atoms with E-state index in [-0.39, 0.29) is 18.0 Å². The van der Waals surface area contributed by atoms with Crippen LogP contribution < -0.4 is 10.5 Å². The molecule has 1 heterocycles. The van der Waals surface area contributed by atoms with Gasteiger partial charge in [-0.15, -0.1) is 11.3 Å². The number of ether oxygens (including phenoxy) is 1. The molecular formula is C12H11BrN2O3S. The summed E-state index contributed by atoms with van der Waals surface area (Å²) < 4.78 is 6.46. The number of halogens is 1. The van der Waals surface area contributed by atoms with E-state index in [1.165, 1.54) is 17.4 Å². The number of thiophene rings is 1. The van der Waals surface area contributed by atoms with Crippen molar-refractivity contribution in [1.29, 1.82) is 0 Å². The first-order chi connectivity index (χ1) is 9.11. The van der Waals surface area contributed by atoms with Crippen LogP contribution in [0, 0.1) is 10.1 Å². The van der Waals surface area contributed by atoms with E-state index in [4.69, 9.17) is 10.5 Å². The maximum Gasteiger partial charge on any atom is 0.311 e. The van der Waals surface area contributed by atoms with Crippen molar-refractivity contribution in [2.45, 2.75) is 13.2 Å². The summed E-state index contributed by atoms with van der Waals surface area (Å²) in [5.74, 6) is 0.252. The minimum Gasteiger partial charge on any atom is -0.481 e. The second-order valence-electron chi connectivity index (χ2n) is 3.74. The van der Waals surface area contributed by atoms with Crippen LogP contribution in [0.5, 0.6) is 5.75 Å². The summed E-state index contributed by atoms with van der Waals surface area (Å²) in [6, 6.07) is 6.67. The van der Waals surface area contributed by atoms with Crippen molar-refractivity contribution in [3.05, 3.63) is 54.7 Å². The molecule has 0 bridgehead atoms. The summed E-state index contributed by atoms with van der Waals surface area (Å²) in [6.07, 6.45) is 0. The van der Waals surface area contributed by atoms with E-state index in [1.807, 2.05) is 11.4 Å². The highest BCUT2D eigenvalue weighted by atomic mass is 79.9. The van der Waals surface area contributed by atoms with E-state index in [0.29, 0.717) is 12.2 Å². The van der Waals surface area contributed by atoms with Crippen LogP contribution in [0.2, 0.25) is 0 Å². The number of benzene rings is 1. The Bertz CT molecular complexity index is 600. The van der Waals surface area contributed by atoms with Gasteiger partial charge in [-0.3, -0.25) is 10.1 Å². The predicted octanol–water partition coefficient (Wildman–Crippen LogP) is 3.46. The van der Waals surface area contributed by atoms with E-state index in [1.54, 1.807) is 12.1 Å². The molecule has 19 heavy (non-hydrogen) atoms. The van der Waals surface area contributed by atoms with E-state index in [2.05, 4.69) is 15.9 Å². The fourth-order valence-electron chi connectivity index (χ4n) is 1.53. The van der Waals surface area contributed by atoms with Crippen LogP contribution in [0.15, 0.2) is 34.1 Å². The van der Waals surface area contributed by atoms with Gasteiger partial charge < -0.3 is 10.5 Å². The van der Waals surface area contributed by atoms with E-state index < -0.39 is 4.92 Å². The van der Waals surface area contributed by atoms with Gasteiger partial charge in [0.25, 0.3) is 0 Å². The Labute approximate surface area is 122 Å². The lowest BCUT2D eigenvalue weighted by molar-refractivity contribution is -0.386. The largest absolute Gasteiger partial charge is 0.481 e. The average Bonchev–Trinajstić information content (AvgIpc) is 2.81. The van der Waals surface area contributed by atoms with Gasteiger partial charge in [0.15, 0.2) is 5.75 Å². The molecule has 2 N–H and O–H groups in total. The van der Waals surface area contributed by atoms with E-state index in [0.717, 1.165) is 9.35 Å². The number of nitrogens with two attached hydrogens (primary N) is 1. The monoisotopic (exact) mass is 342 g/mol. The fraction of sp³-hybridized carbons (Fsp3) is 0.167. The van der Waals surface area contributed by atoms with Crippen LogP contribution in [-0.4, -0.2) is 4.92 Å². The predicted molar refractivity (Wildman–Crippen MR) is 77.3 cm³/mol. The summed E-state index contributed by atoms with van der Waals surface area (Å²) in [4.78, 5) is 11.5. The normalized spacial score (nSPS) is 10.4. The lowest BCUT2D eigenvalue weighted by atomic mass is 10.2. The quantitative estimate of drug-likeness (QED) is 0.666. The molecule has 0 radical (unpaired) electrons. The molecule has 0 spiro atoms. The van der Waals surface area contributed by atoms with Gasteiger partial charge >= 0.3 is 5.69 Å². The topological polar surface area (TPSA) is 78.4 Å². The summed E-state index contributed by atoms with van der Waals surface area (Å²) in [5.41, 5.74) is 6.12. The molecule has 0 aliphatic rings. The zero-order valence-electron chi connectivity index (χ0n) is 9.84. The molecule has 7 heteroatoms. The molecule has 100 valence electrons. The lowest BCUT2D eigenvalue weighted by Gasteiger charge is -2.07. The highest BCUT2D eigenvalue weighted by Crippen LogP contribution is 2.30. The summed E-state index contributed by atoms with van der Waals surface area (Å²) in [5, 5.41) is 12.9. The van der Waals surface area contributed by atoms with Crippen molar-refractivity contribution in [1.82, 2.24) is 0 Å². The van der Waals surface area contributed by atoms with Gasteiger partial charge in [-0.2, -0.15) is 0 Å². The van der Waals surface area contributed by atoms with Crippen molar-refractivity contribution in [2.24, 2.45) is 5.73 Å². The third-order valence-electron chi connectivity index (χ3n) is 2.51. The maximum absolute atomic E-state index is 11.0. The molecule has 0 fully saturated rings. The van der Waals surface area contributed by atoms with Gasteiger partial charge in [-0.1, -0.05) is 6.07 Å². The lowest BCUT2D eigenvalue weighted by Crippen LogP contribution is -2.01. The van der Waals surface area contributed by atoms with Crippen LogP contribution in [0.1, 0.15) is 10.4 Å². The number of nitrogens with zero attached hydrogens (tertiary/aromatic N) is 1. The Morgan fingerprint density at radius 2 is 2.21 bits per heavy atom. The van der Waals surface area contributed by atoms with Crippen molar-refractivity contribution in [2.75, 3.05) is 0 Å². The highest BCUT2D eigenvalue weighted by molar-refractivity contribution is 9.10. The maximum atomic E-state index is 11.0. The van der Waals surface area contributed by atoms with Gasteiger partial charge in [0.1, 0.15) is 6.61 Å². The first-order valence-electron chi connectivity index (χ1n) is 5.44. The molecule has 0 saturated carbocycles. The molecule has 1 aromatic carbocycles. The average molecular weight is 343 g/mol. The smallest absolute Gasteiger partial charge is 0.311 e. The Balaban J connectivity index is 2.20. The summed E-state index contributed by atoms with van der Waals surface area (Å²) in [6.45, 7) is 0.554. The van der Waals surface area contributed by atoms with Crippen LogP contribution in [0.3, 0.4) is 0 Å². The third kappa shape index (κ3) is 3.31. The summed E-state index contributed by atoms with van der Waals surface area (Å²) in [7, 11) is 0. The third-order valence-corrected chi connectivity index (χ3v) is 4.41. The van der Waals surface area contributed by atoms with Crippen LogP contribution >= 0.6 is 27.3 Å². The van der Waals surface area contributed by atoms with Gasteiger partial charge in [0, 0.05) is 17.1 Å². The zero-order valence-corrected chi connectivity index (χ0v) is 12.2. The van der Waals surface area contributed by atoms with Crippen LogP contribution in [0.4, 0.5) is 5.69 Å². The molecule has 2 aromatic rings. The molecule has 1 aromatic heterocycles. The molecule has 0 aliphatic carbocycles. The highest BCUT2D eigenvalue weighted by Gasteiger charge is 2.16. The second-order valence-corrected chi connectivity index (χ2v) is 5.60. The SMILES string of the molecule is NCc1ccc(OCc2sccc2Br)c([N+](=O)[O-])c1. The van der Waals surface area contributed by atoms with Crippen molar-refractivity contribution in [3.8, 4) is 5.75 Å². The Morgan fingerprint density at radius 1 is 1.42 bits per heavy atom. The number of nitro benzene ring substituents is 1. The molecule has 5 nitrogen and oxygen atoms in total. The molecule has 0 aliphatic heterocycles. The van der Waals surface area contributed by atoms with Crippen molar-refractivity contribution in [3.63, 3.8) is 0 Å². The minimum absolute atomic E-state index is 0.0596. The van der Waals surface area contributed by atoms with Gasteiger partial charge in [-0.05, 0) is 39.0 Å². The molecule has 0 atom stereocenters. The van der Waals surface area contributed by atoms with Gasteiger partial charge in [-0.25, -0.2) is 0 Å². The van der Waals surface area contributed by atoms with Crippen molar-refractivity contribution >= 4 is 33.0 Å². The van der Waals surface area contributed by atoms with E-state index in [9.17, 15) is 10.1 Å². The Kier molecular flexibility index (Phi) is 4.52. The first-order valence-corrected chi connectivity index (χ1v) is 7.11. The number of hydrogen-bond donors (Lipinski definition) is 1. The van der Waals surface area contributed by atoms with Gasteiger partial charge in [0.05, 0.1) is 9.80 Å². The Hall–Kier alpha value is -1.44. The zero-order chi connectivity index (χ0) is 13.8. The van der Waals surface area contributed by atoms with Crippen molar-refractivity contribution < 1.29 is 9.66 Å². The molecule has 0 unspecified atom stereocenters. The summed E-state index contributed by atoms with van der Waals surface area (Å²) >= 11 is 4.92. The Morgan fingerprint density at radius 3 is 2.79 bits per heavy atom. The van der Waals surface area contributed by atoms with Crippen LogP contribution in [-0.2, 0) is 13.2 Å². The first kappa shape index (κ1) is 14.0. The standard InChI is InChI=1S/C12H11BrN2O3S/c13-9-3-4-19-12(9)7-18-11-2-1-8(6-14)5-10(11)15(16)17/h1-5H,6-7,14H2. The number of hydrogen-bond acceptors (Lipinski definition) is 5. The molecule has 2 rings (SSSR count). The van der Waals surface area contributed by atoms with Gasteiger partial charge in [0.2, 0.25) is 0 Å². The number of rotatable bonds is 5.